The molecule has 1 fully saturated rings. The summed E-state index contributed by atoms with van der Waals surface area (Å²) in [7, 11) is 0. The van der Waals surface area contributed by atoms with Crippen LogP contribution >= 0.6 is 23.5 Å². The lowest BCUT2D eigenvalue weighted by atomic mass is 9.99. The van der Waals surface area contributed by atoms with Crippen molar-refractivity contribution in [3.8, 4) is 0 Å². The highest BCUT2D eigenvalue weighted by molar-refractivity contribution is 8.07. The lowest BCUT2D eigenvalue weighted by Gasteiger charge is -2.35. The van der Waals surface area contributed by atoms with Gasteiger partial charge >= 0.3 is 0 Å². The maximum absolute atomic E-state index is 13.4. The molecule has 1 aliphatic rings. The van der Waals surface area contributed by atoms with Gasteiger partial charge in [-0.05, 0) is 36.6 Å². The number of aryl methyl sites for hydroxylation is 1. The Hall–Kier alpha value is -0.230. The lowest BCUT2D eigenvalue weighted by Crippen LogP contribution is -2.47. The van der Waals surface area contributed by atoms with Crippen molar-refractivity contribution in [2.75, 3.05) is 5.75 Å². The van der Waals surface area contributed by atoms with E-state index in [9.17, 15) is 4.39 Å². The summed E-state index contributed by atoms with van der Waals surface area (Å²) in [5.74, 6) is 6.68. The van der Waals surface area contributed by atoms with Gasteiger partial charge in [0.05, 0.1) is 0 Å². The largest absolute Gasteiger partial charge is 0.271 e. The molecule has 4 atom stereocenters. The summed E-state index contributed by atoms with van der Waals surface area (Å²) in [4.78, 5) is 0. The first-order chi connectivity index (χ1) is 9.51. The van der Waals surface area contributed by atoms with Crippen molar-refractivity contribution in [2.45, 2.75) is 49.0 Å². The van der Waals surface area contributed by atoms with Gasteiger partial charge in [-0.1, -0.05) is 19.9 Å². The van der Waals surface area contributed by atoms with E-state index < -0.39 is 0 Å². The Kier molecular flexibility index (Phi) is 5.78. The van der Waals surface area contributed by atoms with Gasteiger partial charge in [-0.2, -0.15) is 23.5 Å². The third-order valence-corrected chi connectivity index (χ3v) is 7.54. The van der Waals surface area contributed by atoms with Crippen molar-refractivity contribution < 1.29 is 4.39 Å². The molecule has 0 aromatic heterocycles. The molecule has 0 spiro atoms. The summed E-state index contributed by atoms with van der Waals surface area (Å²) in [6.45, 7) is 6.57. The molecule has 0 aliphatic carbocycles. The predicted octanol–water partition coefficient (Wildman–Crippen LogP) is 3.13. The quantitative estimate of drug-likeness (QED) is 0.661. The second-order valence-corrected chi connectivity index (χ2v) is 8.50. The van der Waals surface area contributed by atoms with Crippen LogP contribution in [0.2, 0.25) is 0 Å². The molecule has 1 aromatic carbocycles. The van der Waals surface area contributed by atoms with E-state index >= 15 is 0 Å². The number of hydrogen-bond acceptors (Lipinski definition) is 4. The van der Waals surface area contributed by atoms with Gasteiger partial charge < -0.3 is 0 Å². The highest BCUT2D eigenvalue weighted by Crippen LogP contribution is 2.37. The average Bonchev–Trinajstić information content (AvgIpc) is 2.43. The number of benzene rings is 1. The molecule has 0 amide bonds. The average molecular weight is 314 g/mol. The zero-order chi connectivity index (χ0) is 14.7. The number of thioether (sulfide) groups is 2. The lowest BCUT2D eigenvalue weighted by molar-refractivity contribution is 0.518. The Morgan fingerprint density at radius 2 is 2.15 bits per heavy atom. The smallest absolute Gasteiger partial charge is 0.123 e. The monoisotopic (exact) mass is 314 g/mol. The molecular weight excluding hydrogens is 291 g/mol. The van der Waals surface area contributed by atoms with Gasteiger partial charge in [0.15, 0.2) is 0 Å². The van der Waals surface area contributed by atoms with E-state index in [0.29, 0.717) is 15.7 Å². The number of rotatable bonds is 4. The fraction of sp³-hybridized carbons (Fsp3) is 0.600. The minimum absolute atomic E-state index is 0.172. The van der Waals surface area contributed by atoms with Crippen molar-refractivity contribution in [3.05, 3.63) is 35.1 Å². The highest BCUT2D eigenvalue weighted by Gasteiger charge is 2.31. The van der Waals surface area contributed by atoms with E-state index in [2.05, 4.69) is 19.3 Å². The Bertz CT molecular complexity index is 455. The molecule has 0 radical (unpaired) electrons. The predicted molar refractivity (Wildman–Crippen MR) is 88.7 cm³/mol. The van der Waals surface area contributed by atoms with Crippen LogP contribution < -0.4 is 11.3 Å². The molecule has 1 aliphatic heterocycles. The van der Waals surface area contributed by atoms with Crippen LogP contribution in [0.4, 0.5) is 4.39 Å². The van der Waals surface area contributed by atoms with Crippen molar-refractivity contribution in [1.82, 2.24) is 5.43 Å². The maximum Gasteiger partial charge on any atom is 0.123 e. The maximum atomic E-state index is 13.4. The molecule has 2 rings (SSSR count). The molecular formula is C15H23FN2S2. The SMILES string of the molecule is Cc1ccc(F)cc1CC(NN)C1CSC(C)C(C)S1. The summed E-state index contributed by atoms with van der Waals surface area (Å²) < 4.78 is 13.4. The van der Waals surface area contributed by atoms with Gasteiger partial charge in [0.1, 0.15) is 5.82 Å². The Morgan fingerprint density at radius 1 is 1.40 bits per heavy atom. The van der Waals surface area contributed by atoms with Crippen LogP contribution in [0.3, 0.4) is 0 Å². The summed E-state index contributed by atoms with van der Waals surface area (Å²) in [6, 6.07) is 5.17. The number of halogens is 1. The van der Waals surface area contributed by atoms with E-state index in [1.807, 2.05) is 36.5 Å². The van der Waals surface area contributed by atoms with Gasteiger partial charge in [0.25, 0.3) is 0 Å². The fourth-order valence-corrected chi connectivity index (χ4v) is 5.53. The van der Waals surface area contributed by atoms with E-state index in [1.165, 1.54) is 6.07 Å². The standard InChI is InChI=1S/C15H23FN2S2/c1-9-4-5-13(16)6-12(9)7-14(18-17)15-8-19-10(2)11(3)20-15/h4-6,10-11,14-15,18H,7-8,17H2,1-3H3. The van der Waals surface area contributed by atoms with Crippen LogP contribution in [0, 0.1) is 12.7 Å². The normalized spacial score (nSPS) is 28.4. The second-order valence-electron chi connectivity index (χ2n) is 5.47. The Labute approximate surface area is 129 Å². The van der Waals surface area contributed by atoms with Gasteiger partial charge in [-0.15, -0.1) is 0 Å². The van der Waals surface area contributed by atoms with E-state index in [4.69, 9.17) is 5.84 Å². The number of nitrogens with one attached hydrogen (secondary N) is 1. The van der Waals surface area contributed by atoms with E-state index in [0.717, 1.165) is 23.3 Å². The van der Waals surface area contributed by atoms with Crippen LogP contribution in [0.25, 0.3) is 0 Å². The molecule has 2 nitrogen and oxygen atoms in total. The summed E-state index contributed by atoms with van der Waals surface area (Å²) >= 11 is 4.00. The molecule has 0 bridgehead atoms. The second kappa shape index (κ2) is 7.16. The third kappa shape index (κ3) is 3.91. The van der Waals surface area contributed by atoms with Gasteiger partial charge in [-0.3, -0.25) is 11.3 Å². The molecule has 5 heteroatoms. The first-order valence-electron chi connectivity index (χ1n) is 6.99. The van der Waals surface area contributed by atoms with Gasteiger partial charge in [0.2, 0.25) is 0 Å². The fourth-order valence-electron chi connectivity index (χ4n) is 2.41. The molecule has 4 unspecified atom stereocenters. The molecule has 20 heavy (non-hydrogen) atoms. The number of hydrazine groups is 1. The topological polar surface area (TPSA) is 38.0 Å². The third-order valence-electron chi connectivity index (χ3n) is 3.99. The number of nitrogens with two attached hydrogens (primary N) is 1. The van der Waals surface area contributed by atoms with E-state index in [-0.39, 0.29) is 11.9 Å². The van der Waals surface area contributed by atoms with E-state index in [1.54, 1.807) is 6.07 Å². The number of hydrogen-bond donors (Lipinski definition) is 2. The Morgan fingerprint density at radius 3 is 2.80 bits per heavy atom. The summed E-state index contributed by atoms with van der Waals surface area (Å²) in [5.41, 5.74) is 5.12. The molecule has 0 saturated carbocycles. The summed E-state index contributed by atoms with van der Waals surface area (Å²) in [6.07, 6.45) is 0.777. The minimum atomic E-state index is -0.172. The first kappa shape index (κ1) is 16.1. The van der Waals surface area contributed by atoms with Gasteiger partial charge in [0, 0.05) is 27.5 Å². The zero-order valence-electron chi connectivity index (χ0n) is 12.2. The molecule has 112 valence electrons. The first-order valence-corrected chi connectivity index (χ1v) is 8.98. The van der Waals surface area contributed by atoms with Crippen LogP contribution in [0.5, 0.6) is 0 Å². The minimum Gasteiger partial charge on any atom is -0.271 e. The molecule has 1 heterocycles. The van der Waals surface area contributed by atoms with Crippen molar-refractivity contribution >= 4 is 23.5 Å². The Balaban J connectivity index is 2.07. The highest BCUT2D eigenvalue weighted by atomic mass is 32.2. The van der Waals surface area contributed by atoms with Crippen molar-refractivity contribution in [3.63, 3.8) is 0 Å². The van der Waals surface area contributed by atoms with Gasteiger partial charge in [-0.25, -0.2) is 4.39 Å². The summed E-state index contributed by atoms with van der Waals surface area (Å²) in [5, 5.41) is 1.78. The van der Waals surface area contributed by atoms with Crippen LogP contribution in [-0.2, 0) is 6.42 Å². The van der Waals surface area contributed by atoms with Crippen LogP contribution in [-0.4, -0.2) is 27.5 Å². The van der Waals surface area contributed by atoms with Crippen molar-refractivity contribution in [1.29, 1.82) is 0 Å². The van der Waals surface area contributed by atoms with Crippen LogP contribution in [0.1, 0.15) is 25.0 Å². The van der Waals surface area contributed by atoms with Crippen molar-refractivity contribution in [2.24, 2.45) is 5.84 Å². The molecule has 1 saturated heterocycles. The zero-order valence-corrected chi connectivity index (χ0v) is 13.9. The van der Waals surface area contributed by atoms with Crippen LogP contribution in [0.15, 0.2) is 18.2 Å². The molecule has 1 aromatic rings. The molecule has 3 N–H and O–H groups in total.